The maximum Gasteiger partial charge on any atom is 0.286 e. The van der Waals surface area contributed by atoms with Crippen LogP contribution < -0.4 is 19.5 Å². The predicted molar refractivity (Wildman–Crippen MR) is 77.9 cm³/mol. The summed E-state index contributed by atoms with van der Waals surface area (Å²) in [5, 5.41) is 14.0. The number of amides is 1. The zero-order chi connectivity index (χ0) is 15.4. The highest BCUT2D eigenvalue weighted by Gasteiger charge is 2.13. The van der Waals surface area contributed by atoms with Gasteiger partial charge in [0.05, 0.1) is 14.2 Å². The molecule has 1 aromatic carbocycles. The maximum atomic E-state index is 12.1. The van der Waals surface area contributed by atoms with Gasteiger partial charge < -0.3 is 20.0 Å². The van der Waals surface area contributed by atoms with Crippen molar-refractivity contribution in [3.63, 3.8) is 0 Å². The smallest absolute Gasteiger partial charge is 0.286 e. The molecule has 0 bridgehead atoms. The second-order valence-corrected chi connectivity index (χ2v) is 4.48. The minimum atomic E-state index is -0.427. The van der Waals surface area contributed by atoms with Crippen molar-refractivity contribution in [1.82, 2.24) is 0 Å². The number of hydrogen-bond donors (Lipinski definition) is 1. The molecule has 0 spiro atoms. The van der Waals surface area contributed by atoms with Crippen LogP contribution in [0, 0.1) is 5.21 Å². The van der Waals surface area contributed by atoms with E-state index in [0.29, 0.717) is 21.9 Å². The van der Waals surface area contributed by atoms with Crippen molar-refractivity contribution in [1.29, 1.82) is 0 Å². The summed E-state index contributed by atoms with van der Waals surface area (Å²) < 4.78 is 10.7. The topological polar surface area (TPSA) is 74.5 Å². The van der Waals surface area contributed by atoms with E-state index in [1.807, 2.05) is 0 Å². The predicted octanol–water partition coefficient (Wildman–Crippen LogP) is 2.24. The van der Waals surface area contributed by atoms with E-state index in [0.717, 1.165) is 6.20 Å². The van der Waals surface area contributed by atoms with E-state index in [1.54, 1.807) is 18.2 Å². The molecule has 1 heterocycles. The Morgan fingerprint density at radius 1 is 1.19 bits per heavy atom. The quantitative estimate of drug-likeness (QED) is 0.534. The third kappa shape index (κ3) is 3.35. The number of pyridine rings is 1. The summed E-state index contributed by atoms with van der Waals surface area (Å²) in [6, 6.07) is 7.79. The number of ether oxygens (including phenoxy) is 2. The van der Waals surface area contributed by atoms with Gasteiger partial charge in [-0.25, -0.2) is 0 Å². The number of nitrogens with zero attached hydrogens (tertiary/aromatic N) is 1. The Bertz CT molecular complexity index is 676. The molecule has 0 aliphatic rings. The fourth-order valence-electron chi connectivity index (χ4n) is 1.71. The van der Waals surface area contributed by atoms with E-state index in [2.05, 4.69) is 5.32 Å². The SMILES string of the molecule is COc1ccc(NC(=O)c2ccc(Cl)[n+]([O-])c2)cc1OC. The lowest BCUT2D eigenvalue weighted by Crippen LogP contribution is -2.29. The molecule has 2 aromatic rings. The number of hydrogen-bond acceptors (Lipinski definition) is 4. The molecule has 0 radical (unpaired) electrons. The van der Waals surface area contributed by atoms with E-state index >= 15 is 0 Å². The van der Waals surface area contributed by atoms with Gasteiger partial charge in [0.25, 0.3) is 11.1 Å². The Hall–Kier alpha value is -2.47. The van der Waals surface area contributed by atoms with Gasteiger partial charge in [0.1, 0.15) is 5.56 Å². The van der Waals surface area contributed by atoms with Crippen LogP contribution in [0.25, 0.3) is 0 Å². The summed E-state index contributed by atoms with van der Waals surface area (Å²) in [5.74, 6) is 0.619. The monoisotopic (exact) mass is 308 g/mol. The van der Waals surface area contributed by atoms with Gasteiger partial charge in [-0.3, -0.25) is 4.79 Å². The van der Waals surface area contributed by atoms with Gasteiger partial charge in [-0.2, -0.15) is 4.73 Å². The number of nitrogens with one attached hydrogen (secondary N) is 1. The number of aromatic nitrogens is 1. The molecule has 0 saturated heterocycles. The summed E-state index contributed by atoms with van der Waals surface area (Å²) in [6.07, 6.45) is 1.11. The molecule has 2 rings (SSSR count). The number of benzene rings is 1. The lowest BCUT2D eigenvalue weighted by Gasteiger charge is -2.10. The molecule has 0 aliphatic carbocycles. The highest BCUT2D eigenvalue weighted by Crippen LogP contribution is 2.29. The first-order chi connectivity index (χ1) is 10.0. The zero-order valence-corrected chi connectivity index (χ0v) is 12.2. The third-order valence-electron chi connectivity index (χ3n) is 2.77. The normalized spacial score (nSPS) is 10.0. The Morgan fingerprint density at radius 2 is 1.90 bits per heavy atom. The molecule has 0 saturated carbocycles. The van der Waals surface area contributed by atoms with Crippen LogP contribution in [-0.2, 0) is 0 Å². The largest absolute Gasteiger partial charge is 0.618 e. The van der Waals surface area contributed by atoms with Crippen molar-refractivity contribution in [2.45, 2.75) is 0 Å². The number of halogens is 1. The Labute approximate surface area is 126 Å². The number of rotatable bonds is 4. The zero-order valence-electron chi connectivity index (χ0n) is 11.4. The lowest BCUT2D eigenvalue weighted by atomic mass is 10.2. The van der Waals surface area contributed by atoms with E-state index < -0.39 is 5.91 Å². The van der Waals surface area contributed by atoms with Gasteiger partial charge in [0.15, 0.2) is 17.7 Å². The minimum absolute atomic E-state index is 0.00216. The van der Waals surface area contributed by atoms with Crippen molar-refractivity contribution in [2.75, 3.05) is 19.5 Å². The van der Waals surface area contributed by atoms with Crippen LogP contribution in [0.2, 0.25) is 5.15 Å². The Kier molecular flexibility index (Phi) is 4.49. The van der Waals surface area contributed by atoms with Crippen LogP contribution in [0.4, 0.5) is 5.69 Å². The average Bonchev–Trinajstić information content (AvgIpc) is 2.49. The van der Waals surface area contributed by atoms with Crippen molar-refractivity contribution in [3.8, 4) is 11.5 Å². The van der Waals surface area contributed by atoms with E-state index in [-0.39, 0.29) is 10.7 Å². The van der Waals surface area contributed by atoms with Gasteiger partial charge in [0.2, 0.25) is 0 Å². The van der Waals surface area contributed by atoms with Gasteiger partial charge in [0, 0.05) is 17.8 Å². The first-order valence-electron chi connectivity index (χ1n) is 5.97. The molecule has 0 aliphatic heterocycles. The molecule has 21 heavy (non-hydrogen) atoms. The molecule has 0 fully saturated rings. The van der Waals surface area contributed by atoms with Gasteiger partial charge >= 0.3 is 0 Å². The highest BCUT2D eigenvalue weighted by atomic mass is 35.5. The number of carbonyl (C=O) groups is 1. The fraction of sp³-hybridized carbons (Fsp3) is 0.143. The van der Waals surface area contributed by atoms with E-state index in [4.69, 9.17) is 21.1 Å². The molecule has 0 atom stereocenters. The molecule has 1 amide bonds. The summed E-state index contributed by atoms with van der Waals surface area (Å²) in [7, 11) is 3.03. The Balaban J connectivity index is 2.21. The van der Waals surface area contributed by atoms with Crippen molar-refractivity contribution in [2.24, 2.45) is 0 Å². The maximum absolute atomic E-state index is 12.1. The van der Waals surface area contributed by atoms with Crippen molar-refractivity contribution < 1.29 is 19.0 Å². The standard InChI is InChI=1S/C14H13ClN2O4/c1-20-11-5-4-10(7-12(11)21-2)16-14(18)9-3-6-13(15)17(19)8-9/h3-8H,1-2H3,(H,16,18). The second kappa shape index (κ2) is 6.32. The van der Waals surface area contributed by atoms with E-state index in [9.17, 15) is 10.0 Å². The number of carbonyl (C=O) groups excluding carboxylic acids is 1. The highest BCUT2D eigenvalue weighted by molar-refractivity contribution is 6.28. The first-order valence-corrected chi connectivity index (χ1v) is 6.35. The number of methoxy groups -OCH3 is 2. The van der Waals surface area contributed by atoms with Crippen molar-refractivity contribution in [3.05, 3.63) is 52.5 Å². The lowest BCUT2D eigenvalue weighted by molar-refractivity contribution is -0.603. The van der Waals surface area contributed by atoms with Crippen LogP contribution in [-0.4, -0.2) is 20.1 Å². The second-order valence-electron chi connectivity index (χ2n) is 4.09. The molecule has 7 heteroatoms. The van der Waals surface area contributed by atoms with Crippen LogP contribution in [0.15, 0.2) is 36.5 Å². The van der Waals surface area contributed by atoms with Crippen LogP contribution >= 0.6 is 11.6 Å². The minimum Gasteiger partial charge on any atom is -0.618 e. The molecule has 1 aromatic heterocycles. The van der Waals surface area contributed by atoms with E-state index in [1.165, 1.54) is 26.4 Å². The van der Waals surface area contributed by atoms with Gasteiger partial charge in [-0.1, -0.05) is 0 Å². The molecular weight excluding hydrogens is 296 g/mol. The molecule has 6 nitrogen and oxygen atoms in total. The number of anilines is 1. The summed E-state index contributed by atoms with van der Waals surface area (Å²) in [5.41, 5.74) is 0.717. The summed E-state index contributed by atoms with van der Waals surface area (Å²) >= 11 is 5.61. The van der Waals surface area contributed by atoms with Crippen molar-refractivity contribution >= 4 is 23.2 Å². The van der Waals surface area contributed by atoms with Crippen LogP contribution in [0.5, 0.6) is 11.5 Å². The van der Waals surface area contributed by atoms with Crippen LogP contribution in [0.3, 0.4) is 0 Å². The molecular formula is C14H13ClN2O4. The molecule has 110 valence electrons. The van der Waals surface area contributed by atoms with Gasteiger partial charge in [-0.15, -0.1) is 0 Å². The first kappa shape index (κ1) is 14.9. The molecule has 0 unspecified atom stereocenters. The van der Waals surface area contributed by atoms with Gasteiger partial charge in [-0.05, 0) is 29.8 Å². The Morgan fingerprint density at radius 3 is 2.52 bits per heavy atom. The third-order valence-corrected chi connectivity index (χ3v) is 3.06. The molecule has 1 N–H and O–H groups in total. The summed E-state index contributed by atoms with van der Waals surface area (Å²) in [4.78, 5) is 12.1. The van der Waals surface area contributed by atoms with Crippen LogP contribution in [0.1, 0.15) is 10.4 Å². The summed E-state index contributed by atoms with van der Waals surface area (Å²) in [6.45, 7) is 0. The average molecular weight is 309 g/mol. The fourth-order valence-corrected chi connectivity index (χ4v) is 1.83.